The number of anilines is 1. The fourth-order valence-electron chi connectivity index (χ4n) is 5.17. The maximum Gasteiger partial charge on any atom is 0.337 e. The van der Waals surface area contributed by atoms with Gasteiger partial charge in [0, 0.05) is 69.3 Å². The van der Waals surface area contributed by atoms with Gasteiger partial charge in [0.1, 0.15) is 23.9 Å². The topological polar surface area (TPSA) is 116 Å². The van der Waals surface area contributed by atoms with Gasteiger partial charge in [0.25, 0.3) is 0 Å². The highest BCUT2D eigenvalue weighted by Crippen LogP contribution is 2.24. The van der Waals surface area contributed by atoms with Crippen LogP contribution < -0.4 is 9.64 Å². The molecule has 5 heterocycles. The SMILES string of the molecule is N#Cc1ccc(COc2cccc(N3CCN(Cc4nc5ccc(C(=O)O)cn5c4CC4CCO4)CC3)n2)c(F)c1. The van der Waals surface area contributed by atoms with E-state index in [1.54, 1.807) is 36.5 Å². The summed E-state index contributed by atoms with van der Waals surface area (Å²) in [6, 6.07) is 15.1. The number of aromatic nitrogens is 3. The number of carboxylic acids is 1. The molecule has 1 aromatic carbocycles. The zero-order valence-corrected chi connectivity index (χ0v) is 22.4. The second-order valence-corrected chi connectivity index (χ2v) is 10.2. The van der Waals surface area contributed by atoms with Crippen LogP contribution in [0.2, 0.25) is 0 Å². The summed E-state index contributed by atoms with van der Waals surface area (Å²) in [5, 5.41) is 18.4. The molecule has 1 unspecified atom stereocenters. The van der Waals surface area contributed by atoms with Crippen LogP contribution in [0.1, 0.15) is 39.3 Å². The van der Waals surface area contributed by atoms with Gasteiger partial charge in [-0.1, -0.05) is 12.1 Å². The van der Waals surface area contributed by atoms with Crippen molar-refractivity contribution in [2.75, 3.05) is 37.7 Å². The number of aromatic carboxylic acids is 1. The van der Waals surface area contributed by atoms with Gasteiger partial charge in [-0.05, 0) is 36.8 Å². The fraction of sp³-hybridized carbons (Fsp3) is 0.333. The Morgan fingerprint density at radius 3 is 2.68 bits per heavy atom. The van der Waals surface area contributed by atoms with E-state index in [2.05, 4.69) is 14.8 Å². The molecule has 2 aliphatic heterocycles. The molecular formula is C30H29FN6O4. The third-order valence-corrected chi connectivity index (χ3v) is 7.60. The number of nitrogens with zero attached hydrogens (tertiary/aromatic N) is 6. The molecule has 1 atom stereocenters. The number of carbonyl (C=O) groups is 1. The van der Waals surface area contributed by atoms with Gasteiger partial charge in [-0.2, -0.15) is 10.2 Å². The molecule has 2 fully saturated rings. The van der Waals surface area contributed by atoms with Crippen molar-refractivity contribution in [2.24, 2.45) is 0 Å². The highest BCUT2D eigenvalue weighted by Gasteiger charge is 2.26. The molecule has 41 heavy (non-hydrogen) atoms. The number of ether oxygens (including phenoxy) is 2. The van der Waals surface area contributed by atoms with E-state index in [0.717, 1.165) is 62.1 Å². The second kappa shape index (κ2) is 11.5. The molecule has 0 amide bonds. The summed E-state index contributed by atoms with van der Waals surface area (Å²) in [6.07, 6.45) is 3.47. The summed E-state index contributed by atoms with van der Waals surface area (Å²) in [6.45, 7) is 4.56. The van der Waals surface area contributed by atoms with Gasteiger partial charge in [0.05, 0.1) is 29.0 Å². The van der Waals surface area contributed by atoms with Crippen LogP contribution in [0.4, 0.5) is 10.2 Å². The Hall–Kier alpha value is -4.53. The lowest BCUT2D eigenvalue weighted by Crippen LogP contribution is -2.46. The molecule has 11 heteroatoms. The standard InChI is InChI=1S/C30H29FN6O4/c31-24-14-20(16-32)4-5-22(24)19-41-29-3-1-2-27(34-29)36-11-9-35(10-12-36)18-25-26(15-23-8-13-40-23)37-17-21(30(38)39)6-7-28(37)33-25/h1-7,14,17,23H,8-13,15,18-19H2,(H,38,39). The maximum atomic E-state index is 14.2. The monoisotopic (exact) mass is 556 g/mol. The third-order valence-electron chi connectivity index (χ3n) is 7.60. The minimum atomic E-state index is -0.964. The van der Waals surface area contributed by atoms with Gasteiger partial charge < -0.3 is 23.9 Å². The number of benzene rings is 1. The lowest BCUT2D eigenvalue weighted by atomic mass is 10.1. The number of piperazine rings is 1. The normalized spacial score (nSPS) is 17.3. The van der Waals surface area contributed by atoms with E-state index in [9.17, 15) is 14.3 Å². The van der Waals surface area contributed by atoms with Crippen molar-refractivity contribution >= 4 is 17.4 Å². The number of halogens is 1. The van der Waals surface area contributed by atoms with E-state index in [4.69, 9.17) is 19.7 Å². The third kappa shape index (κ3) is 5.84. The van der Waals surface area contributed by atoms with Crippen LogP contribution in [-0.4, -0.2) is 69.2 Å². The summed E-state index contributed by atoms with van der Waals surface area (Å²) in [5.74, 6) is -0.248. The van der Waals surface area contributed by atoms with Crippen LogP contribution in [-0.2, 0) is 24.3 Å². The molecule has 1 N–H and O–H groups in total. The Kier molecular flexibility index (Phi) is 7.50. The Morgan fingerprint density at radius 2 is 1.98 bits per heavy atom. The van der Waals surface area contributed by atoms with Crippen LogP contribution in [0.25, 0.3) is 5.65 Å². The largest absolute Gasteiger partial charge is 0.478 e. The second-order valence-electron chi connectivity index (χ2n) is 10.2. The van der Waals surface area contributed by atoms with E-state index in [0.29, 0.717) is 24.4 Å². The van der Waals surface area contributed by atoms with Gasteiger partial charge in [-0.25, -0.2) is 14.2 Å². The molecule has 4 aromatic rings. The number of imidazole rings is 1. The van der Waals surface area contributed by atoms with Crippen LogP contribution in [0, 0.1) is 17.1 Å². The first-order valence-corrected chi connectivity index (χ1v) is 13.6. The zero-order chi connectivity index (χ0) is 28.3. The Labute approximate surface area is 236 Å². The summed E-state index contributed by atoms with van der Waals surface area (Å²) in [7, 11) is 0. The minimum Gasteiger partial charge on any atom is -0.478 e. The molecule has 0 saturated carbocycles. The van der Waals surface area contributed by atoms with Gasteiger partial charge in [-0.15, -0.1) is 0 Å². The predicted molar refractivity (Wildman–Crippen MR) is 147 cm³/mol. The lowest BCUT2D eigenvalue weighted by molar-refractivity contribution is -0.0499. The van der Waals surface area contributed by atoms with Crippen LogP contribution in [0.15, 0.2) is 54.7 Å². The van der Waals surface area contributed by atoms with E-state index in [-0.39, 0.29) is 23.8 Å². The highest BCUT2D eigenvalue weighted by atomic mass is 19.1. The molecule has 0 radical (unpaired) electrons. The predicted octanol–water partition coefficient (Wildman–Crippen LogP) is 3.67. The highest BCUT2D eigenvalue weighted by molar-refractivity contribution is 5.87. The Bertz CT molecular complexity index is 1620. The Balaban J connectivity index is 1.10. The van der Waals surface area contributed by atoms with Crippen LogP contribution in [0.3, 0.4) is 0 Å². The maximum absolute atomic E-state index is 14.2. The van der Waals surface area contributed by atoms with Crippen molar-refractivity contribution in [2.45, 2.75) is 32.1 Å². The number of hydrogen-bond acceptors (Lipinski definition) is 8. The van der Waals surface area contributed by atoms with E-state index < -0.39 is 11.8 Å². The van der Waals surface area contributed by atoms with Crippen LogP contribution in [0.5, 0.6) is 5.88 Å². The number of rotatable bonds is 9. The van der Waals surface area contributed by atoms with Crippen molar-refractivity contribution in [3.8, 4) is 11.9 Å². The van der Waals surface area contributed by atoms with Crippen molar-refractivity contribution in [3.63, 3.8) is 0 Å². The zero-order valence-electron chi connectivity index (χ0n) is 22.4. The molecule has 0 aliphatic carbocycles. The summed E-state index contributed by atoms with van der Waals surface area (Å²) >= 11 is 0. The first-order valence-electron chi connectivity index (χ1n) is 13.6. The van der Waals surface area contributed by atoms with Gasteiger partial charge in [0.2, 0.25) is 5.88 Å². The summed E-state index contributed by atoms with van der Waals surface area (Å²) in [5.41, 5.74) is 3.54. The summed E-state index contributed by atoms with van der Waals surface area (Å²) in [4.78, 5) is 25.6. The number of nitriles is 1. The van der Waals surface area contributed by atoms with E-state index in [1.165, 1.54) is 6.07 Å². The smallest absolute Gasteiger partial charge is 0.337 e. The van der Waals surface area contributed by atoms with Gasteiger partial charge in [0.15, 0.2) is 0 Å². The quantitative estimate of drug-likeness (QED) is 0.330. The van der Waals surface area contributed by atoms with Gasteiger partial charge >= 0.3 is 5.97 Å². The molecule has 10 nitrogen and oxygen atoms in total. The molecule has 0 bridgehead atoms. The first-order chi connectivity index (χ1) is 20.0. The molecule has 210 valence electrons. The molecule has 2 aliphatic rings. The molecule has 2 saturated heterocycles. The fourth-order valence-corrected chi connectivity index (χ4v) is 5.17. The molecule has 6 rings (SSSR count). The van der Waals surface area contributed by atoms with Gasteiger partial charge in [-0.3, -0.25) is 4.90 Å². The number of carboxylic acid groups (broad SMARTS) is 1. The molecule has 3 aromatic heterocycles. The minimum absolute atomic E-state index is 0.0168. The first kappa shape index (κ1) is 26.7. The van der Waals surface area contributed by atoms with E-state index in [1.807, 2.05) is 22.6 Å². The Morgan fingerprint density at radius 1 is 1.15 bits per heavy atom. The summed E-state index contributed by atoms with van der Waals surface area (Å²) < 4.78 is 27.6. The van der Waals surface area contributed by atoms with Crippen molar-refractivity contribution < 1.29 is 23.8 Å². The van der Waals surface area contributed by atoms with Crippen molar-refractivity contribution in [3.05, 3.63) is 88.6 Å². The number of hydrogen-bond donors (Lipinski definition) is 1. The van der Waals surface area contributed by atoms with Crippen LogP contribution >= 0.6 is 0 Å². The molecular weight excluding hydrogens is 527 g/mol. The average Bonchev–Trinajstić information content (AvgIpc) is 3.30. The molecule has 0 spiro atoms. The van der Waals surface area contributed by atoms with E-state index >= 15 is 0 Å². The average molecular weight is 557 g/mol. The van der Waals surface area contributed by atoms with Crippen molar-refractivity contribution in [1.29, 1.82) is 5.26 Å². The number of pyridine rings is 2. The van der Waals surface area contributed by atoms with Crippen molar-refractivity contribution in [1.82, 2.24) is 19.3 Å². The lowest BCUT2D eigenvalue weighted by Gasteiger charge is -2.35. The number of fused-ring (bicyclic) bond motifs is 1.